The average Bonchev–Trinajstić information content (AvgIpc) is 3.71. The number of halogens is 2. The molecule has 0 N–H and O–H groups in total. The van der Waals surface area contributed by atoms with Crippen molar-refractivity contribution in [1.29, 1.82) is 0 Å². The minimum absolute atomic E-state index is 0.305. The van der Waals surface area contributed by atoms with Crippen LogP contribution in [0.2, 0.25) is 0 Å². The summed E-state index contributed by atoms with van der Waals surface area (Å²) in [5.74, 6) is -0.237. The third kappa shape index (κ3) is 6.13. The van der Waals surface area contributed by atoms with Crippen LogP contribution in [0.15, 0.2) is 71.6 Å². The first-order chi connectivity index (χ1) is 18.2. The van der Waals surface area contributed by atoms with Crippen molar-refractivity contribution in [3.05, 3.63) is 95.2 Å². The van der Waals surface area contributed by atoms with E-state index in [4.69, 9.17) is 4.74 Å². The molecule has 1 aliphatic carbocycles. The Morgan fingerprint density at radius 3 is 2.53 bits per heavy atom. The van der Waals surface area contributed by atoms with E-state index >= 15 is 0 Å². The molecule has 194 valence electrons. The van der Waals surface area contributed by atoms with E-state index in [-0.39, 0.29) is 5.97 Å². The van der Waals surface area contributed by atoms with Crippen molar-refractivity contribution in [3.63, 3.8) is 0 Å². The highest BCUT2D eigenvalue weighted by Crippen LogP contribution is 2.41. The van der Waals surface area contributed by atoms with E-state index in [0.29, 0.717) is 16.6 Å². The van der Waals surface area contributed by atoms with Crippen LogP contribution in [0.5, 0.6) is 0 Å². The van der Waals surface area contributed by atoms with Crippen molar-refractivity contribution in [2.75, 3.05) is 5.75 Å². The molecular formula is C32H29F2NO2S. The minimum atomic E-state index is -0.910. The highest BCUT2D eigenvalue weighted by molar-refractivity contribution is 7.99. The molecule has 1 heterocycles. The first kappa shape index (κ1) is 26.1. The van der Waals surface area contributed by atoms with E-state index in [1.165, 1.54) is 19.8 Å². The molecule has 0 atom stereocenters. The summed E-state index contributed by atoms with van der Waals surface area (Å²) in [6.07, 6.45) is 6.38. The number of hydrogen-bond acceptors (Lipinski definition) is 4. The lowest BCUT2D eigenvalue weighted by atomic mass is 9.93. The highest BCUT2D eigenvalue weighted by Gasteiger charge is 2.29. The number of benzene rings is 3. The van der Waals surface area contributed by atoms with Crippen LogP contribution >= 0.6 is 11.8 Å². The van der Waals surface area contributed by atoms with Gasteiger partial charge in [0.15, 0.2) is 11.6 Å². The summed E-state index contributed by atoms with van der Waals surface area (Å²) in [4.78, 5) is 17.4. The normalized spacial score (nSPS) is 13.8. The third-order valence-electron chi connectivity index (χ3n) is 6.62. The summed E-state index contributed by atoms with van der Waals surface area (Å²) in [6, 6.07) is 20.3. The first-order valence-electron chi connectivity index (χ1n) is 12.7. The molecule has 0 aliphatic heterocycles. The van der Waals surface area contributed by atoms with Crippen molar-refractivity contribution in [2.45, 2.75) is 44.1 Å². The van der Waals surface area contributed by atoms with Gasteiger partial charge in [-0.1, -0.05) is 36.4 Å². The SMILES string of the molecule is CC(=O)OC(C)(C)c1cc(-c2cccc(C=Cc3ccc4cc(F)c(F)cc4n3)c2)ccc1SCC1CC1. The van der Waals surface area contributed by atoms with Crippen LogP contribution < -0.4 is 0 Å². The number of hydrogen-bond donors (Lipinski definition) is 0. The van der Waals surface area contributed by atoms with Gasteiger partial charge in [-0.3, -0.25) is 4.79 Å². The van der Waals surface area contributed by atoms with Crippen LogP contribution in [0.25, 0.3) is 34.2 Å². The fourth-order valence-corrected chi connectivity index (χ4v) is 5.82. The first-order valence-corrected chi connectivity index (χ1v) is 13.7. The molecule has 3 nitrogen and oxygen atoms in total. The number of fused-ring (bicyclic) bond motifs is 1. The molecule has 0 amide bonds. The number of pyridine rings is 1. The van der Waals surface area contributed by atoms with Crippen molar-refractivity contribution < 1.29 is 18.3 Å². The number of nitrogens with zero attached hydrogens (tertiary/aromatic N) is 1. The van der Waals surface area contributed by atoms with Gasteiger partial charge < -0.3 is 4.74 Å². The second-order valence-corrected chi connectivity index (χ2v) is 11.3. The van der Waals surface area contributed by atoms with E-state index in [9.17, 15) is 13.6 Å². The van der Waals surface area contributed by atoms with Crippen molar-refractivity contribution >= 4 is 40.8 Å². The highest BCUT2D eigenvalue weighted by atomic mass is 32.2. The van der Waals surface area contributed by atoms with Crippen LogP contribution in [-0.2, 0) is 15.1 Å². The van der Waals surface area contributed by atoms with Gasteiger partial charge in [0.1, 0.15) is 5.60 Å². The van der Waals surface area contributed by atoms with E-state index < -0.39 is 17.2 Å². The summed E-state index contributed by atoms with van der Waals surface area (Å²) in [5.41, 5.74) is 4.35. The smallest absolute Gasteiger partial charge is 0.303 e. The molecule has 5 rings (SSSR count). The Balaban J connectivity index is 1.43. The molecule has 0 spiro atoms. The lowest BCUT2D eigenvalue weighted by Gasteiger charge is -2.28. The summed E-state index contributed by atoms with van der Waals surface area (Å²) in [7, 11) is 0. The maximum absolute atomic E-state index is 13.6. The quantitative estimate of drug-likeness (QED) is 0.169. The van der Waals surface area contributed by atoms with Gasteiger partial charge in [0.2, 0.25) is 0 Å². The van der Waals surface area contributed by atoms with Gasteiger partial charge in [0.05, 0.1) is 11.2 Å². The molecule has 0 unspecified atom stereocenters. The molecule has 0 bridgehead atoms. The molecule has 0 saturated heterocycles. The van der Waals surface area contributed by atoms with Gasteiger partial charge >= 0.3 is 5.97 Å². The fraction of sp³-hybridized carbons (Fsp3) is 0.250. The largest absolute Gasteiger partial charge is 0.455 e. The summed E-state index contributed by atoms with van der Waals surface area (Å²) in [6.45, 7) is 5.31. The summed E-state index contributed by atoms with van der Waals surface area (Å²) < 4.78 is 32.9. The topological polar surface area (TPSA) is 39.2 Å². The summed E-state index contributed by atoms with van der Waals surface area (Å²) in [5, 5.41) is 0.550. The number of aromatic nitrogens is 1. The lowest BCUT2D eigenvalue weighted by molar-refractivity contribution is -0.154. The van der Waals surface area contributed by atoms with Crippen molar-refractivity contribution in [3.8, 4) is 11.1 Å². The zero-order chi connectivity index (χ0) is 26.9. The lowest BCUT2D eigenvalue weighted by Crippen LogP contribution is -2.25. The van der Waals surface area contributed by atoms with E-state index in [1.807, 2.05) is 49.9 Å². The number of carbonyl (C=O) groups is 1. The van der Waals surface area contributed by atoms with Gasteiger partial charge in [0.25, 0.3) is 0 Å². The van der Waals surface area contributed by atoms with E-state index in [1.54, 1.807) is 12.1 Å². The molecule has 1 aromatic heterocycles. The maximum atomic E-state index is 13.6. The van der Waals surface area contributed by atoms with Gasteiger partial charge in [-0.2, -0.15) is 0 Å². The molecule has 3 aromatic carbocycles. The molecule has 0 radical (unpaired) electrons. The molecule has 4 aromatic rings. The Kier molecular flexibility index (Phi) is 7.35. The zero-order valence-corrected chi connectivity index (χ0v) is 22.4. The second kappa shape index (κ2) is 10.7. The second-order valence-electron chi connectivity index (χ2n) is 10.2. The van der Waals surface area contributed by atoms with Gasteiger partial charge in [-0.05, 0) is 85.7 Å². The van der Waals surface area contributed by atoms with Crippen LogP contribution in [0.1, 0.15) is 50.4 Å². The molecule has 1 fully saturated rings. The van der Waals surface area contributed by atoms with Crippen LogP contribution in [0.3, 0.4) is 0 Å². The summed E-state index contributed by atoms with van der Waals surface area (Å²) >= 11 is 1.83. The van der Waals surface area contributed by atoms with E-state index in [0.717, 1.165) is 51.0 Å². The van der Waals surface area contributed by atoms with Crippen LogP contribution in [0, 0.1) is 17.6 Å². The Morgan fingerprint density at radius 2 is 1.76 bits per heavy atom. The van der Waals surface area contributed by atoms with E-state index in [2.05, 4.69) is 35.3 Å². The Labute approximate surface area is 225 Å². The number of rotatable bonds is 8. The van der Waals surface area contributed by atoms with Crippen LogP contribution in [-0.4, -0.2) is 16.7 Å². The van der Waals surface area contributed by atoms with Crippen molar-refractivity contribution in [1.82, 2.24) is 4.98 Å². The fourth-order valence-electron chi connectivity index (χ4n) is 4.44. The predicted octanol–water partition coefficient (Wildman–Crippen LogP) is 8.65. The van der Waals surface area contributed by atoms with Crippen molar-refractivity contribution in [2.24, 2.45) is 5.92 Å². The predicted molar refractivity (Wildman–Crippen MR) is 151 cm³/mol. The molecular weight excluding hydrogens is 500 g/mol. The number of esters is 1. The number of carbonyl (C=O) groups excluding carboxylic acids is 1. The molecule has 38 heavy (non-hydrogen) atoms. The third-order valence-corrected chi connectivity index (χ3v) is 7.92. The minimum Gasteiger partial charge on any atom is -0.455 e. The molecule has 1 saturated carbocycles. The Hall–Kier alpha value is -3.51. The van der Waals surface area contributed by atoms with Gasteiger partial charge in [-0.25, -0.2) is 13.8 Å². The number of ether oxygens (including phenoxy) is 1. The number of thioether (sulfide) groups is 1. The molecule has 6 heteroatoms. The van der Waals surface area contributed by atoms with Crippen LogP contribution in [0.4, 0.5) is 8.78 Å². The zero-order valence-electron chi connectivity index (χ0n) is 21.6. The average molecular weight is 530 g/mol. The Bertz CT molecular complexity index is 1540. The standard InChI is InChI=1S/C32H29F2NO2S/c1-20(36)37-32(2,3)27-16-24(11-14-31(27)38-19-22-7-8-22)23-6-4-5-21(15-23)9-12-26-13-10-25-17-28(33)29(34)18-30(25)35-26/h4-6,9-18,22H,7-8,19H2,1-3H3. The maximum Gasteiger partial charge on any atom is 0.303 e. The monoisotopic (exact) mass is 529 g/mol. The Morgan fingerprint density at radius 1 is 1.00 bits per heavy atom. The molecule has 1 aliphatic rings. The van der Waals surface area contributed by atoms with Gasteiger partial charge in [-0.15, -0.1) is 11.8 Å². The van der Waals surface area contributed by atoms with Gasteiger partial charge in [0, 0.05) is 34.6 Å².